The minimum Gasteiger partial charge on any atom is -0.494 e. The van der Waals surface area contributed by atoms with Crippen LogP contribution in [0.15, 0.2) is 46.9 Å². The van der Waals surface area contributed by atoms with Gasteiger partial charge < -0.3 is 14.8 Å². The SMILES string of the molecule is COC(=O)c1cc(C)ccc1NCCCOc1ccc(Br)cc1. The summed E-state index contributed by atoms with van der Waals surface area (Å²) in [6, 6.07) is 13.4. The molecule has 0 unspecified atom stereocenters. The summed E-state index contributed by atoms with van der Waals surface area (Å²) in [5.41, 5.74) is 2.36. The lowest BCUT2D eigenvalue weighted by Gasteiger charge is -2.12. The fourth-order valence-electron chi connectivity index (χ4n) is 2.11. The maximum atomic E-state index is 11.8. The molecule has 2 aromatic carbocycles. The predicted octanol–water partition coefficient (Wildman–Crippen LogP) is 4.43. The third kappa shape index (κ3) is 5.28. The minimum atomic E-state index is -0.331. The number of aryl methyl sites for hydroxylation is 1. The fourth-order valence-corrected chi connectivity index (χ4v) is 2.37. The molecule has 0 aliphatic carbocycles. The van der Waals surface area contributed by atoms with E-state index in [1.807, 2.05) is 49.4 Å². The van der Waals surface area contributed by atoms with E-state index in [4.69, 9.17) is 9.47 Å². The number of carbonyl (C=O) groups excluding carboxylic acids is 1. The highest BCUT2D eigenvalue weighted by Crippen LogP contribution is 2.19. The number of ether oxygens (including phenoxy) is 2. The molecule has 0 aliphatic heterocycles. The van der Waals surface area contributed by atoms with Gasteiger partial charge in [0.25, 0.3) is 0 Å². The number of rotatable bonds is 7. The number of esters is 1. The van der Waals surface area contributed by atoms with Crippen LogP contribution in [0.2, 0.25) is 0 Å². The molecule has 2 aromatic rings. The molecule has 0 saturated carbocycles. The summed E-state index contributed by atoms with van der Waals surface area (Å²) >= 11 is 3.39. The molecule has 0 bridgehead atoms. The van der Waals surface area contributed by atoms with Gasteiger partial charge in [-0.3, -0.25) is 0 Å². The number of nitrogens with one attached hydrogen (secondary N) is 1. The second kappa shape index (κ2) is 8.58. The van der Waals surface area contributed by atoms with E-state index in [9.17, 15) is 4.79 Å². The number of halogens is 1. The Morgan fingerprint density at radius 3 is 2.61 bits per heavy atom. The molecule has 1 N–H and O–H groups in total. The van der Waals surface area contributed by atoms with Crippen molar-refractivity contribution in [1.82, 2.24) is 0 Å². The molecule has 0 saturated heterocycles. The summed E-state index contributed by atoms with van der Waals surface area (Å²) < 4.78 is 11.5. The molecule has 0 spiro atoms. The highest BCUT2D eigenvalue weighted by molar-refractivity contribution is 9.10. The van der Waals surface area contributed by atoms with Crippen molar-refractivity contribution in [2.75, 3.05) is 25.6 Å². The van der Waals surface area contributed by atoms with Gasteiger partial charge in [0.15, 0.2) is 0 Å². The number of anilines is 1. The molecule has 0 fully saturated rings. The van der Waals surface area contributed by atoms with Crippen molar-refractivity contribution < 1.29 is 14.3 Å². The van der Waals surface area contributed by atoms with Gasteiger partial charge in [0, 0.05) is 16.7 Å². The molecule has 2 rings (SSSR count). The molecule has 23 heavy (non-hydrogen) atoms. The van der Waals surface area contributed by atoms with Gasteiger partial charge in [0.2, 0.25) is 0 Å². The molecule has 5 heteroatoms. The summed E-state index contributed by atoms with van der Waals surface area (Å²) in [6.07, 6.45) is 0.824. The van der Waals surface area contributed by atoms with Crippen molar-refractivity contribution in [3.63, 3.8) is 0 Å². The molecule has 0 aromatic heterocycles. The van der Waals surface area contributed by atoms with Crippen molar-refractivity contribution in [3.8, 4) is 5.75 Å². The van der Waals surface area contributed by atoms with Crippen LogP contribution in [0, 0.1) is 6.92 Å². The fraction of sp³-hybridized carbons (Fsp3) is 0.278. The number of methoxy groups -OCH3 is 1. The number of hydrogen-bond donors (Lipinski definition) is 1. The second-order valence-corrected chi connectivity index (χ2v) is 6.04. The zero-order chi connectivity index (χ0) is 16.7. The monoisotopic (exact) mass is 377 g/mol. The molecule has 0 aliphatic rings. The van der Waals surface area contributed by atoms with Crippen molar-refractivity contribution in [1.29, 1.82) is 0 Å². The zero-order valence-corrected chi connectivity index (χ0v) is 14.9. The topological polar surface area (TPSA) is 47.6 Å². The van der Waals surface area contributed by atoms with Crippen LogP contribution in [-0.4, -0.2) is 26.2 Å². The summed E-state index contributed by atoms with van der Waals surface area (Å²) in [5.74, 6) is 0.515. The Morgan fingerprint density at radius 1 is 1.17 bits per heavy atom. The van der Waals surface area contributed by atoms with Gasteiger partial charge in [-0.25, -0.2) is 4.79 Å². The summed E-state index contributed by atoms with van der Waals surface area (Å²) in [5, 5.41) is 3.26. The van der Waals surface area contributed by atoms with Gasteiger partial charge in [-0.05, 0) is 49.7 Å². The number of hydrogen-bond acceptors (Lipinski definition) is 4. The average molecular weight is 378 g/mol. The Bertz CT molecular complexity index is 656. The highest BCUT2D eigenvalue weighted by Gasteiger charge is 2.11. The maximum Gasteiger partial charge on any atom is 0.339 e. The van der Waals surface area contributed by atoms with E-state index in [2.05, 4.69) is 21.2 Å². The van der Waals surface area contributed by atoms with E-state index in [1.54, 1.807) is 0 Å². The largest absolute Gasteiger partial charge is 0.494 e. The van der Waals surface area contributed by atoms with Gasteiger partial charge in [0.1, 0.15) is 5.75 Å². The van der Waals surface area contributed by atoms with E-state index in [0.717, 1.165) is 27.9 Å². The third-order valence-corrected chi connectivity index (χ3v) is 3.83. The van der Waals surface area contributed by atoms with Crippen molar-refractivity contribution in [2.24, 2.45) is 0 Å². The van der Waals surface area contributed by atoms with Crippen LogP contribution in [-0.2, 0) is 4.74 Å². The first kappa shape index (κ1) is 17.3. The first-order valence-corrected chi connectivity index (χ1v) is 8.20. The average Bonchev–Trinajstić information content (AvgIpc) is 2.56. The van der Waals surface area contributed by atoms with Crippen LogP contribution >= 0.6 is 15.9 Å². The van der Waals surface area contributed by atoms with Gasteiger partial charge in [-0.1, -0.05) is 27.6 Å². The predicted molar refractivity (Wildman–Crippen MR) is 95.3 cm³/mol. The Labute approximate surface area is 144 Å². The van der Waals surface area contributed by atoms with Crippen LogP contribution < -0.4 is 10.1 Å². The van der Waals surface area contributed by atoms with Crippen LogP contribution in [0.3, 0.4) is 0 Å². The lowest BCUT2D eigenvalue weighted by molar-refractivity contribution is 0.0601. The van der Waals surface area contributed by atoms with E-state index < -0.39 is 0 Å². The third-order valence-electron chi connectivity index (χ3n) is 3.30. The minimum absolute atomic E-state index is 0.331. The van der Waals surface area contributed by atoms with E-state index in [1.165, 1.54) is 7.11 Å². The quantitative estimate of drug-likeness (QED) is 0.572. The lowest BCUT2D eigenvalue weighted by atomic mass is 10.1. The number of benzene rings is 2. The molecular weight excluding hydrogens is 358 g/mol. The van der Waals surface area contributed by atoms with Crippen LogP contribution in [0.4, 0.5) is 5.69 Å². The number of carbonyl (C=O) groups is 1. The Morgan fingerprint density at radius 2 is 1.91 bits per heavy atom. The first-order valence-electron chi connectivity index (χ1n) is 7.41. The molecular formula is C18H20BrNO3. The summed E-state index contributed by atoms with van der Waals surface area (Å²) in [4.78, 5) is 11.8. The molecule has 0 amide bonds. The lowest BCUT2D eigenvalue weighted by Crippen LogP contribution is -2.11. The van der Waals surface area contributed by atoms with Crippen LogP contribution in [0.1, 0.15) is 22.3 Å². The van der Waals surface area contributed by atoms with E-state index in [-0.39, 0.29) is 5.97 Å². The van der Waals surface area contributed by atoms with Crippen LogP contribution in [0.25, 0.3) is 0 Å². The smallest absolute Gasteiger partial charge is 0.339 e. The molecule has 0 heterocycles. The molecule has 0 atom stereocenters. The van der Waals surface area contributed by atoms with E-state index in [0.29, 0.717) is 18.7 Å². The van der Waals surface area contributed by atoms with Gasteiger partial charge in [0.05, 0.1) is 19.3 Å². The Hall–Kier alpha value is -2.01. The summed E-state index contributed by atoms with van der Waals surface area (Å²) in [6.45, 7) is 3.26. The Kier molecular flexibility index (Phi) is 6.47. The Balaban J connectivity index is 1.82. The van der Waals surface area contributed by atoms with Gasteiger partial charge in [-0.2, -0.15) is 0 Å². The highest BCUT2D eigenvalue weighted by atomic mass is 79.9. The molecule has 4 nitrogen and oxygen atoms in total. The summed E-state index contributed by atoms with van der Waals surface area (Å²) in [7, 11) is 1.39. The molecule has 0 radical (unpaired) electrons. The van der Waals surface area contributed by atoms with Crippen molar-refractivity contribution in [2.45, 2.75) is 13.3 Å². The van der Waals surface area contributed by atoms with Crippen LogP contribution in [0.5, 0.6) is 5.75 Å². The van der Waals surface area contributed by atoms with E-state index >= 15 is 0 Å². The standard InChI is InChI=1S/C18H20BrNO3/c1-13-4-9-17(16(12-13)18(21)22-2)20-10-3-11-23-15-7-5-14(19)6-8-15/h4-9,12,20H,3,10-11H2,1-2H3. The molecule has 122 valence electrons. The zero-order valence-electron chi connectivity index (χ0n) is 13.3. The van der Waals surface area contributed by atoms with Gasteiger partial charge in [-0.15, -0.1) is 0 Å². The maximum absolute atomic E-state index is 11.8. The second-order valence-electron chi connectivity index (χ2n) is 5.12. The van der Waals surface area contributed by atoms with Crippen molar-refractivity contribution >= 4 is 27.6 Å². The normalized spacial score (nSPS) is 10.2. The van der Waals surface area contributed by atoms with Gasteiger partial charge >= 0.3 is 5.97 Å². The van der Waals surface area contributed by atoms with Crippen molar-refractivity contribution in [3.05, 3.63) is 58.1 Å². The first-order chi connectivity index (χ1) is 11.1.